The largest absolute Gasteiger partial charge is 0.761 e. The van der Waals surface area contributed by atoms with E-state index < -0.39 is 0 Å². The molecule has 1 aromatic carbocycles. The molecular formula is C9H12NO-. The third kappa shape index (κ3) is 1.35. The molecule has 0 bridgehead atoms. The van der Waals surface area contributed by atoms with Gasteiger partial charge in [-0.3, -0.25) is 0 Å². The molecule has 0 aliphatic rings. The number of rotatable bonds is 1. The third-order valence-electron chi connectivity index (χ3n) is 2.05. The second kappa shape index (κ2) is 2.93. The van der Waals surface area contributed by atoms with Crippen LogP contribution in [-0.2, 0) is 0 Å². The molecule has 1 aromatic rings. The first-order valence-corrected chi connectivity index (χ1v) is 3.61. The monoisotopic (exact) mass is 150 g/mol. The highest BCUT2D eigenvalue weighted by Crippen LogP contribution is 2.22. The van der Waals surface area contributed by atoms with Crippen molar-refractivity contribution >= 4 is 5.69 Å². The van der Waals surface area contributed by atoms with Gasteiger partial charge in [0.25, 0.3) is 0 Å². The van der Waals surface area contributed by atoms with E-state index in [1.165, 1.54) is 0 Å². The molecule has 11 heavy (non-hydrogen) atoms. The van der Waals surface area contributed by atoms with Gasteiger partial charge < -0.3 is 10.7 Å². The molecule has 0 atom stereocenters. The van der Waals surface area contributed by atoms with Crippen molar-refractivity contribution in [3.05, 3.63) is 34.0 Å². The highest BCUT2D eigenvalue weighted by atomic mass is 16.5. The van der Waals surface area contributed by atoms with Crippen LogP contribution in [0.1, 0.15) is 16.7 Å². The van der Waals surface area contributed by atoms with E-state index in [1.54, 1.807) is 0 Å². The smallest absolute Gasteiger partial charge is 0.0295 e. The zero-order valence-corrected chi connectivity index (χ0v) is 7.06. The molecule has 0 amide bonds. The fourth-order valence-corrected chi connectivity index (χ4v) is 1.11. The number of nitrogens with one attached hydrogen (secondary N) is 1. The summed E-state index contributed by atoms with van der Waals surface area (Å²) in [6.07, 6.45) is 0. The zero-order valence-electron chi connectivity index (χ0n) is 7.06. The van der Waals surface area contributed by atoms with Gasteiger partial charge in [-0.1, -0.05) is 12.1 Å². The summed E-state index contributed by atoms with van der Waals surface area (Å²) in [6.45, 7) is 5.87. The highest BCUT2D eigenvalue weighted by Gasteiger charge is 1.99. The Hall–Kier alpha value is -1.02. The fraction of sp³-hybridized carbons (Fsp3) is 0.333. The minimum atomic E-state index is 0.713. The maximum Gasteiger partial charge on any atom is 0.0295 e. The van der Waals surface area contributed by atoms with E-state index in [0.717, 1.165) is 16.7 Å². The molecule has 0 aromatic heterocycles. The van der Waals surface area contributed by atoms with Crippen LogP contribution >= 0.6 is 0 Å². The van der Waals surface area contributed by atoms with Gasteiger partial charge in [0.05, 0.1) is 0 Å². The second-order valence-electron chi connectivity index (χ2n) is 2.80. The van der Waals surface area contributed by atoms with Crippen LogP contribution in [0.5, 0.6) is 0 Å². The molecule has 0 spiro atoms. The lowest BCUT2D eigenvalue weighted by Crippen LogP contribution is -1.94. The van der Waals surface area contributed by atoms with E-state index >= 15 is 0 Å². The molecule has 2 heteroatoms. The van der Waals surface area contributed by atoms with Gasteiger partial charge in [-0.2, -0.15) is 0 Å². The van der Waals surface area contributed by atoms with Crippen molar-refractivity contribution in [1.29, 1.82) is 0 Å². The predicted octanol–water partition coefficient (Wildman–Crippen LogP) is 2.52. The molecule has 1 N–H and O–H groups in total. The number of hydrogen-bond donors (Lipinski definition) is 1. The van der Waals surface area contributed by atoms with Crippen molar-refractivity contribution in [2.75, 3.05) is 5.48 Å². The van der Waals surface area contributed by atoms with Crippen LogP contribution < -0.4 is 5.48 Å². The summed E-state index contributed by atoms with van der Waals surface area (Å²) in [5.41, 5.74) is 5.86. The summed E-state index contributed by atoms with van der Waals surface area (Å²) in [5.74, 6) is 0. The van der Waals surface area contributed by atoms with E-state index in [-0.39, 0.29) is 0 Å². The van der Waals surface area contributed by atoms with E-state index in [4.69, 9.17) is 0 Å². The molecule has 0 unspecified atom stereocenters. The SMILES string of the molecule is Cc1ccc(C)c(N[O-])c1C. The van der Waals surface area contributed by atoms with Crippen LogP contribution in [-0.4, -0.2) is 0 Å². The Morgan fingerprint density at radius 2 is 1.64 bits per heavy atom. The first-order valence-electron chi connectivity index (χ1n) is 3.61. The minimum Gasteiger partial charge on any atom is -0.761 e. The lowest BCUT2D eigenvalue weighted by atomic mass is 10.0. The third-order valence-corrected chi connectivity index (χ3v) is 2.05. The average Bonchev–Trinajstić information content (AvgIpc) is 1.99. The summed E-state index contributed by atoms with van der Waals surface area (Å²) >= 11 is 0. The quantitative estimate of drug-likeness (QED) is 0.624. The maximum atomic E-state index is 10.5. The van der Waals surface area contributed by atoms with Crippen LogP contribution in [0.15, 0.2) is 12.1 Å². The minimum absolute atomic E-state index is 0.713. The molecule has 0 saturated heterocycles. The van der Waals surface area contributed by atoms with Gasteiger partial charge in [0, 0.05) is 5.69 Å². The van der Waals surface area contributed by atoms with Crippen molar-refractivity contribution in [3.63, 3.8) is 0 Å². The Morgan fingerprint density at radius 1 is 1.09 bits per heavy atom. The van der Waals surface area contributed by atoms with Gasteiger partial charge in [0.1, 0.15) is 0 Å². The van der Waals surface area contributed by atoms with Crippen molar-refractivity contribution in [2.24, 2.45) is 0 Å². The number of hydrogen-bond acceptors (Lipinski definition) is 2. The van der Waals surface area contributed by atoms with Crippen molar-refractivity contribution in [3.8, 4) is 0 Å². The molecule has 1 rings (SSSR count). The lowest BCUT2D eigenvalue weighted by Gasteiger charge is -2.17. The van der Waals surface area contributed by atoms with Crippen LogP contribution in [0, 0.1) is 26.0 Å². The standard InChI is InChI=1S/C9H12NO/c1-6-4-5-7(2)9(10-11)8(6)3/h4-5,10H,1-3H3/q-1. The summed E-state index contributed by atoms with van der Waals surface area (Å²) in [6, 6.07) is 3.97. The fourth-order valence-electron chi connectivity index (χ4n) is 1.11. The van der Waals surface area contributed by atoms with E-state index in [1.807, 2.05) is 38.4 Å². The first-order chi connectivity index (χ1) is 5.16. The number of anilines is 1. The Kier molecular flexibility index (Phi) is 2.15. The topological polar surface area (TPSA) is 35.1 Å². The molecule has 0 aliphatic heterocycles. The Bertz CT molecular complexity index is 269. The van der Waals surface area contributed by atoms with Gasteiger partial charge in [-0.05, 0) is 37.5 Å². The van der Waals surface area contributed by atoms with E-state index in [2.05, 4.69) is 0 Å². The van der Waals surface area contributed by atoms with Gasteiger partial charge in [-0.25, -0.2) is 0 Å². The van der Waals surface area contributed by atoms with Crippen LogP contribution in [0.25, 0.3) is 0 Å². The summed E-state index contributed by atoms with van der Waals surface area (Å²) < 4.78 is 0. The molecule has 0 saturated carbocycles. The summed E-state index contributed by atoms with van der Waals surface area (Å²) in [5, 5.41) is 10.5. The molecule has 0 fully saturated rings. The Balaban J connectivity index is 3.29. The normalized spacial score (nSPS) is 9.82. The van der Waals surface area contributed by atoms with Gasteiger partial charge in [0.15, 0.2) is 0 Å². The summed E-state index contributed by atoms with van der Waals surface area (Å²) in [7, 11) is 0. The molecule has 0 aliphatic carbocycles. The zero-order chi connectivity index (χ0) is 8.43. The molecule has 0 radical (unpaired) electrons. The Labute approximate surface area is 66.8 Å². The van der Waals surface area contributed by atoms with Gasteiger partial charge in [0.2, 0.25) is 0 Å². The molecule has 0 heterocycles. The van der Waals surface area contributed by atoms with Crippen LogP contribution in [0.4, 0.5) is 5.69 Å². The van der Waals surface area contributed by atoms with Crippen LogP contribution in [0.3, 0.4) is 0 Å². The molecule has 2 nitrogen and oxygen atoms in total. The molecular weight excluding hydrogens is 138 g/mol. The number of benzene rings is 1. The second-order valence-corrected chi connectivity index (χ2v) is 2.80. The maximum absolute atomic E-state index is 10.5. The van der Waals surface area contributed by atoms with E-state index in [9.17, 15) is 5.21 Å². The van der Waals surface area contributed by atoms with Crippen molar-refractivity contribution in [2.45, 2.75) is 20.8 Å². The van der Waals surface area contributed by atoms with Crippen LogP contribution in [0.2, 0.25) is 0 Å². The first kappa shape index (κ1) is 8.08. The van der Waals surface area contributed by atoms with Crippen molar-refractivity contribution in [1.82, 2.24) is 0 Å². The predicted molar refractivity (Wildman–Crippen MR) is 47.6 cm³/mol. The van der Waals surface area contributed by atoms with Gasteiger partial charge in [-0.15, -0.1) is 0 Å². The Morgan fingerprint density at radius 3 is 2.09 bits per heavy atom. The van der Waals surface area contributed by atoms with E-state index in [0.29, 0.717) is 5.69 Å². The van der Waals surface area contributed by atoms with Gasteiger partial charge >= 0.3 is 0 Å². The molecule has 60 valence electrons. The average molecular weight is 150 g/mol. The van der Waals surface area contributed by atoms with Crippen molar-refractivity contribution < 1.29 is 0 Å². The number of aryl methyl sites for hydroxylation is 2. The highest BCUT2D eigenvalue weighted by molar-refractivity contribution is 5.59. The summed E-state index contributed by atoms with van der Waals surface area (Å²) in [4.78, 5) is 0. The lowest BCUT2D eigenvalue weighted by molar-refractivity contribution is 1.29.